The van der Waals surface area contributed by atoms with Gasteiger partial charge >= 0.3 is 0 Å². The Labute approximate surface area is 238 Å². The number of aromatic nitrogens is 1. The first-order valence-corrected chi connectivity index (χ1v) is 12.3. The van der Waals surface area contributed by atoms with Crippen LogP contribution in [0.4, 0.5) is 0 Å². The molecule has 0 saturated heterocycles. The van der Waals surface area contributed by atoms with Gasteiger partial charge in [-0.3, -0.25) is 0 Å². The van der Waals surface area contributed by atoms with Gasteiger partial charge in [-0.05, 0) is 53.5 Å². The van der Waals surface area contributed by atoms with Crippen LogP contribution in [0.25, 0.3) is 82.5 Å². The van der Waals surface area contributed by atoms with Crippen LogP contribution in [-0.4, -0.2) is 4.57 Å². The standard InChI is InChI=1S/C36H21NO2/c1-4-12-30-25(8-1)27-20-21-28-26-9-2-5-13-31(26)39-36(28)35(27)37(30)23-18-16-22(17-19-23)24-11-7-15-33-34(24)29-10-3-6-14-32(29)38-33/h1-21H/i1D,2D,4D,5D,8D,9D,12D,13D,15D,20D,21D. The molecule has 0 fully saturated rings. The molecule has 182 valence electrons. The molecule has 9 rings (SSSR count). The van der Waals surface area contributed by atoms with Crippen LogP contribution in [0.3, 0.4) is 0 Å². The van der Waals surface area contributed by atoms with E-state index in [9.17, 15) is 0 Å². The van der Waals surface area contributed by atoms with E-state index in [4.69, 9.17) is 23.9 Å². The van der Waals surface area contributed by atoms with E-state index in [1.807, 2.05) is 42.5 Å². The lowest BCUT2D eigenvalue weighted by molar-refractivity contribution is 0.669. The Bertz CT molecular complexity index is 2990. The van der Waals surface area contributed by atoms with Gasteiger partial charge in [0.25, 0.3) is 0 Å². The number of hydrogen-bond acceptors (Lipinski definition) is 2. The minimum Gasteiger partial charge on any atom is -0.456 e. The third-order valence-electron chi connectivity index (χ3n) is 7.23. The van der Waals surface area contributed by atoms with Crippen LogP contribution in [0.15, 0.2) is 136 Å². The topological polar surface area (TPSA) is 31.2 Å². The maximum absolute atomic E-state index is 9.13. The number of furan rings is 2. The van der Waals surface area contributed by atoms with Gasteiger partial charge in [-0.2, -0.15) is 0 Å². The molecule has 0 N–H and O–H groups in total. The molecule has 3 aromatic heterocycles. The maximum atomic E-state index is 9.13. The van der Waals surface area contributed by atoms with Crippen molar-refractivity contribution in [1.82, 2.24) is 4.57 Å². The van der Waals surface area contributed by atoms with E-state index in [1.54, 1.807) is 22.8 Å². The van der Waals surface area contributed by atoms with Gasteiger partial charge in [-0.15, -0.1) is 0 Å². The zero-order valence-electron chi connectivity index (χ0n) is 31.0. The van der Waals surface area contributed by atoms with Crippen molar-refractivity contribution in [3.63, 3.8) is 0 Å². The number of nitrogens with zero attached hydrogens (tertiary/aromatic N) is 1. The fourth-order valence-corrected chi connectivity index (χ4v) is 5.55. The first kappa shape index (κ1) is 13.0. The Kier molecular flexibility index (Phi) is 2.54. The molecule has 0 unspecified atom stereocenters. The van der Waals surface area contributed by atoms with Crippen LogP contribution in [0.5, 0.6) is 0 Å². The molecule has 0 aliphatic heterocycles. The van der Waals surface area contributed by atoms with E-state index in [0.717, 1.165) is 21.9 Å². The SMILES string of the molecule is [2H]c1c([2H])c([2H])c2c(oc3c2c([2H])c([2H])c2c4c([2H])c([2H])c([2H])c([2H])c4n(-c4ccc(-c5ccc([2H])c6oc7ccccc7c56)cc4)c32)c1[2H]. The van der Waals surface area contributed by atoms with Crippen molar-refractivity contribution in [3.8, 4) is 16.8 Å². The summed E-state index contributed by atoms with van der Waals surface area (Å²) in [5.41, 5.74) is 3.05. The molecule has 39 heavy (non-hydrogen) atoms. The fourth-order valence-electron chi connectivity index (χ4n) is 5.55. The summed E-state index contributed by atoms with van der Waals surface area (Å²) in [5.74, 6) is 0. The summed E-state index contributed by atoms with van der Waals surface area (Å²) in [7, 11) is 0. The number of rotatable bonds is 2. The molecular formula is C36H21NO2. The highest BCUT2D eigenvalue weighted by Gasteiger charge is 2.19. The molecule has 3 heteroatoms. The summed E-state index contributed by atoms with van der Waals surface area (Å²) in [6, 6.07) is 14.0. The molecule has 0 amide bonds. The van der Waals surface area contributed by atoms with Crippen LogP contribution >= 0.6 is 0 Å². The van der Waals surface area contributed by atoms with Gasteiger partial charge in [0.2, 0.25) is 0 Å². The minimum atomic E-state index is -0.524. The highest BCUT2D eigenvalue weighted by atomic mass is 16.3. The molecule has 0 saturated carbocycles. The van der Waals surface area contributed by atoms with E-state index < -0.39 is 48.3 Å². The van der Waals surface area contributed by atoms with E-state index >= 15 is 0 Å². The predicted octanol–water partition coefficient (Wildman–Crippen LogP) is 10.2. The molecule has 0 bridgehead atoms. The Morgan fingerprint density at radius 2 is 1.33 bits per heavy atom. The second-order valence-electron chi connectivity index (χ2n) is 9.28. The Balaban J connectivity index is 1.42. The van der Waals surface area contributed by atoms with Crippen molar-refractivity contribution in [2.75, 3.05) is 0 Å². The monoisotopic (exact) mass is 510 g/mol. The van der Waals surface area contributed by atoms with Crippen molar-refractivity contribution in [2.24, 2.45) is 0 Å². The molecular weight excluding hydrogens is 478 g/mol. The molecule has 0 aliphatic rings. The Morgan fingerprint density at radius 1 is 0.538 bits per heavy atom. The molecule has 9 aromatic rings. The van der Waals surface area contributed by atoms with Gasteiger partial charge in [0, 0.05) is 38.0 Å². The van der Waals surface area contributed by atoms with Gasteiger partial charge in [-0.25, -0.2) is 0 Å². The van der Waals surface area contributed by atoms with Crippen LogP contribution in [0.1, 0.15) is 15.1 Å². The number of para-hydroxylation sites is 3. The van der Waals surface area contributed by atoms with Gasteiger partial charge < -0.3 is 13.4 Å². The van der Waals surface area contributed by atoms with Crippen LogP contribution in [-0.2, 0) is 0 Å². The second-order valence-corrected chi connectivity index (χ2v) is 9.28. The molecule has 6 aromatic carbocycles. The predicted molar refractivity (Wildman–Crippen MR) is 161 cm³/mol. The Hall–Kier alpha value is -5.28. The van der Waals surface area contributed by atoms with E-state index in [0.29, 0.717) is 16.9 Å². The summed E-state index contributed by atoms with van der Waals surface area (Å²) in [6.45, 7) is 0. The first-order valence-electron chi connectivity index (χ1n) is 17.8. The largest absolute Gasteiger partial charge is 0.456 e. The van der Waals surface area contributed by atoms with Crippen molar-refractivity contribution < 1.29 is 23.9 Å². The first-order chi connectivity index (χ1) is 23.9. The molecule has 0 aliphatic carbocycles. The second kappa shape index (κ2) is 7.62. The lowest BCUT2D eigenvalue weighted by Crippen LogP contribution is -1.94. The highest BCUT2D eigenvalue weighted by Crippen LogP contribution is 2.41. The van der Waals surface area contributed by atoms with Crippen molar-refractivity contribution in [3.05, 3.63) is 127 Å². The number of fused-ring (bicyclic) bond motifs is 10. The average Bonchev–Trinajstić information content (AvgIpc) is 3.82. The summed E-state index contributed by atoms with van der Waals surface area (Å²) in [6.07, 6.45) is 0. The number of hydrogen-bond donors (Lipinski definition) is 0. The molecule has 0 radical (unpaired) electrons. The summed E-state index contributed by atoms with van der Waals surface area (Å²) < 4.78 is 109. The molecule has 3 nitrogen and oxygen atoms in total. The minimum absolute atomic E-state index is 0.00750. The number of benzene rings is 6. The average molecular weight is 511 g/mol. The highest BCUT2D eigenvalue weighted by molar-refractivity contribution is 6.21. The van der Waals surface area contributed by atoms with Crippen molar-refractivity contribution >= 4 is 65.7 Å². The lowest BCUT2D eigenvalue weighted by Gasteiger charge is -2.10. The Morgan fingerprint density at radius 3 is 2.26 bits per heavy atom. The lowest BCUT2D eigenvalue weighted by atomic mass is 9.99. The quantitative estimate of drug-likeness (QED) is 0.232. The summed E-state index contributed by atoms with van der Waals surface area (Å²) in [4.78, 5) is 0. The third kappa shape index (κ3) is 2.82. The smallest absolute Gasteiger partial charge is 0.160 e. The summed E-state index contributed by atoms with van der Waals surface area (Å²) in [5, 5.41) is 1.58. The van der Waals surface area contributed by atoms with Crippen LogP contribution in [0, 0.1) is 0 Å². The van der Waals surface area contributed by atoms with Crippen molar-refractivity contribution in [2.45, 2.75) is 0 Å². The van der Waals surface area contributed by atoms with Gasteiger partial charge in [0.15, 0.2) is 5.58 Å². The molecule has 0 atom stereocenters. The van der Waals surface area contributed by atoms with Crippen molar-refractivity contribution in [1.29, 1.82) is 0 Å². The zero-order chi connectivity index (χ0) is 35.1. The van der Waals surface area contributed by atoms with Crippen LogP contribution in [0.2, 0.25) is 0 Å². The summed E-state index contributed by atoms with van der Waals surface area (Å²) >= 11 is 0. The third-order valence-corrected chi connectivity index (χ3v) is 7.23. The van der Waals surface area contributed by atoms with Gasteiger partial charge in [0.05, 0.1) is 26.1 Å². The van der Waals surface area contributed by atoms with E-state index in [1.165, 1.54) is 0 Å². The van der Waals surface area contributed by atoms with Crippen LogP contribution < -0.4 is 0 Å². The van der Waals surface area contributed by atoms with E-state index in [2.05, 4.69) is 0 Å². The maximum Gasteiger partial charge on any atom is 0.160 e. The van der Waals surface area contributed by atoms with E-state index in [-0.39, 0.29) is 61.9 Å². The zero-order valence-corrected chi connectivity index (χ0v) is 20.0. The molecule has 0 spiro atoms. The normalized spacial score (nSPS) is 16.1. The van der Waals surface area contributed by atoms with Gasteiger partial charge in [-0.1, -0.05) is 84.8 Å². The molecule has 3 heterocycles. The van der Waals surface area contributed by atoms with Gasteiger partial charge in [0.1, 0.15) is 16.7 Å². The fraction of sp³-hybridized carbons (Fsp3) is 0.